The SMILES string of the molecule is O=C1C(Oc2cccc(N3CC(c4nnco4)CC3=O)c2)=C(Oc2cccc(N3CC(c4nnco4)CC3=O)c2)C(=O)c2ccccc21. The molecule has 2 saturated heterocycles. The maximum absolute atomic E-state index is 13.8. The van der Waals surface area contributed by atoms with E-state index in [0.29, 0.717) is 36.2 Å². The third-order valence-electron chi connectivity index (χ3n) is 8.44. The van der Waals surface area contributed by atoms with Crippen LogP contribution in [0.25, 0.3) is 0 Å². The fourth-order valence-corrected chi connectivity index (χ4v) is 6.14. The first-order valence-corrected chi connectivity index (χ1v) is 15.0. The standard InChI is InChI=1S/C34H24N6O8/c41-27-11-19(33-37-35-17-45-33)15-39(27)21-5-3-7-23(13-21)47-31-29(43)25-9-1-2-10-26(25)30(44)32(31)48-24-8-4-6-22(14-24)40-16-20(12-28(40)42)34-38-36-18-46-34/h1-10,13-14,17-20H,11-12,15-16H2. The average Bonchev–Trinajstić information content (AvgIpc) is 3.93. The number of anilines is 2. The first kappa shape index (κ1) is 29.0. The van der Waals surface area contributed by atoms with Gasteiger partial charge in [0.1, 0.15) is 11.5 Å². The number of carbonyl (C=O) groups is 4. The van der Waals surface area contributed by atoms with Gasteiger partial charge in [-0.3, -0.25) is 19.2 Å². The number of hydrogen-bond donors (Lipinski definition) is 0. The molecule has 0 N–H and O–H groups in total. The number of allylic oxidation sites excluding steroid dienone is 2. The van der Waals surface area contributed by atoms with Gasteiger partial charge in [-0.05, 0) is 24.3 Å². The molecule has 3 aromatic carbocycles. The largest absolute Gasteiger partial charge is 0.449 e. The second-order valence-corrected chi connectivity index (χ2v) is 11.4. The van der Waals surface area contributed by atoms with Gasteiger partial charge in [-0.1, -0.05) is 36.4 Å². The highest BCUT2D eigenvalue weighted by Gasteiger charge is 2.38. The van der Waals surface area contributed by atoms with Crippen LogP contribution in [0, 0.1) is 0 Å². The first-order valence-electron chi connectivity index (χ1n) is 15.0. The van der Waals surface area contributed by atoms with E-state index in [0.717, 1.165) is 0 Å². The van der Waals surface area contributed by atoms with Gasteiger partial charge >= 0.3 is 0 Å². The molecule has 3 aliphatic rings. The van der Waals surface area contributed by atoms with Gasteiger partial charge in [0.15, 0.2) is 0 Å². The average molecular weight is 645 g/mol. The van der Waals surface area contributed by atoms with Crippen molar-refractivity contribution in [3.8, 4) is 11.5 Å². The van der Waals surface area contributed by atoms with Crippen LogP contribution in [0.1, 0.15) is 57.2 Å². The molecular formula is C34H24N6O8. The van der Waals surface area contributed by atoms with Crippen molar-refractivity contribution >= 4 is 34.8 Å². The summed E-state index contributed by atoms with van der Waals surface area (Å²) in [7, 11) is 0. The Bertz CT molecular complexity index is 1960. The van der Waals surface area contributed by atoms with E-state index in [4.69, 9.17) is 18.3 Å². The smallest absolute Gasteiger partial charge is 0.233 e. The van der Waals surface area contributed by atoms with Crippen molar-refractivity contribution in [1.29, 1.82) is 0 Å². The van der Waals surface area contributed by atoms with E-state index < -0.39 is 11.6 Å². The third-order valence-corrected chi connectivity index (χ3v) is 8.44. The monoisotopic (exact) mass is 644 g/mol. The number of carbonyl (C=O) groups excluding carboxylic acids is 4. The van der Waals surface area contributed by atoms with E-state index in [9.17, 15) is 19.2 Å². The summed E-state index contributed by atoms with van der Waals surface area (Å²) in [6, 6.07) is 19.7. The topological polar surface area (TPSA) is 171 Å². The lowest BCUT2D eigenvalue weighted by molar-refractivity contribution is -0.118. The summed E-state index contributed by atoms with van der Waals surface area (Å²) in [4.78, 5) is 56.6. The number of aromatic nitrogens is 4. The highest BCUT2D eigenvalue weighted by Crippen LogP contribution is 2.36. The van der Waals surface area contributed by atoms with E-state index in [-0.39, 0.29) is 70.6 Å². The molecule has 0 saturated carbocycles. The van der Waals surface area contributed by atoms with Crippen LogP contribution in [-0.2, 0) is 9.59 Å². The van der Waals surface area contributed by atoms with Gasteiger partial charge < -0.3 is 28.1 Å². The molecule has 2 aliphatic heterocycles. The van der Waals surface area contributed by atoms with Gasteiger partial charge in [-0.2, -0.15) is 0 Å². The summed E-state index contributed by atoms with van der Waals surface area (Å²) in [5, 5.41) is 15.3. The molecule has 5 aromatic rings. The molecule has 0 radical (unpaired) electrons. The number of rotatable bonds is 8. The van der Waals surface area contributed by atoms with E-state index in [1.54, 1.807) is 82.6 Å². The van der Waals surface area contributed by atoms with Crippen molar-refractivity contribution in [2.24, 2.45) is 0 Å². The highest BCUT2D eigenvalue weighted by atomic mass is 16.5. The summed E-state index contributed by atoms with van der Waals surface area (Å²) in [5.74, 6) is -1.37. The van der Waals surface area contributed by atoms with Gasteiger partial charge in [0.2, 0.25) is 59.5 Å². The zero-order valence-corrected chi connectivity index (χ0v) is 25.0. The molecule has 2 atom stereocenters. The number of Topliss-reactive ketones (excluding diaryl/α,β-unsaturated/α-hetero) is 2. The summed E-state index contributed by atoms with van der Waals surface area (Å²) in [5.41, 5.74) is 1.39. The quantitative estimate of drug-likeness (QED) is 0.236. The van der Waals surface area contributed by atoms with E-state index >= 15 is 0 Å². The lowest BCUT2D eigenvalue weighted by atomic mass is 9.92. The minimum Gasteiger partial charge on any atom is -0.449 e. The molecule has 2 amide bonds. The number of ether oxygens (including phenoxy) is 2. The van der Waals surface area contributed by atoms with Crippen LogP contribution in [-0.4, -0.2) is 56.9 Å². The van der Waals surface area contributed by atoms with Crippen LogP contribution in [0.3, 0.4) is 0 Å². The van der Waals surface area contributed by atoms with Gasteiger partial charge in [0.25, 0.3) is 0 Å². The highest BCUT2D eigenvalue weighted by molar-refractivity contribution is 6.25. The Kier molecular flexibility index (Phi) is 7.09. The Balaban J connectivity index is 1.10. The molecule has 2 unspecified atom stereocenters. The summed E-state index contributed by atoms with van der Waals surface area (Å²) in [6.45, 7) is 0.635. The van der Waals surface area contributed by atoms with Crippen molar-refractivity contribution < 1.29 is 37.5 Å². The normalized spacial score (nSPS) is 19.3. The predicted molar refractivity (Wildman–Crippen MR) is 164 cm³/mol. The van der Waals surface area contributed by atoms with Crippen LogP contribution in [0.15, 0.2) is 106 Å². The first-order chi connectivity index (χ1) is 23.4. The van der Waals surface area contributed by atoms with Crippen LogP contribution in [0.4, 0.5) is 11.4 Å². The predicted octanol–water partition coefficient (Wildman–Crippen LogP) is 4.24. The lowest BCUT2D eigenvalue weighted by Gasteiger charge is -2.22. The molecule has 1 aliphatic carbocycles. The fourth-order valence-electron chi connectivity index (χ4n) is 6.14. The summed E-state index contributed by atoms with van der Waals surface area (Å²) in [6.07, 6.45) is 2.83. The number of fused-ring (bicyclic) bond motifs is 1. The molecule has 14 nitrogen and oxygen atoms in total. The number of hydrogen-bond acceptors (Lipinski definition) is 12. The van der Waals surface area contributed by atoms with E-state index in [1.807, 2.05) is 0 Å². The molecule has 238 valence electrons. The molecule has 8 rings (SSSR count). The second kappa shape index (κ2) is 11.7. The maximum Gasteiger partial charge on any atom is 0.233 e. The number of amides is 2. The molecule has 0 bridgehead atoms. The molecule has 0 spiro atoms. The van der Waals surface area contributed by atoms with Gasteiger partial charge in [-0.25, -0.2) is 0 Å². The Morgan fingerprint density at radius 1 is 0.604 bits per heavy atom. The van der Waals surface area contributed by atoms with Gasteiger partial charge in [0.05, 0.1) is 11.8 Å². The number of nitrogens with zero attached hydrogens (tertiary/aromatic N) is 6. The number of benzene rings is 3. The molecule has 14 heteroatoms. The zero-order valence-electron chi connectivity index (χ0n) is 25.0. The number of ketones is 2. The summed E-state index contributed by atoms with van der Waals surface area (Å²) >= 11 is 0. The fraction of sp³-hybridized carbons (Fsp3) is 0.176. The molecule has 48 heavy (non-hydrogen) atoms. The van der Waals surface area contributed by atoms with E-state index in [2.05, 4.69) is 20.4 Å². The summed E-state index contributed by atoms with van der Waals surface area (Å²) < 4.78 is 22.9. The molecule has 2 fully saturated rings. The van der Waals surface area contributed by atoms with Gasteiger partial charge in [-0.15, -0.1) is 20.4 Å². The Morgan fingerprint density at radius 3 is 1.48 bits per heavy atom. The third kappa shape index (κ3) is 5.18. The minimum absolute atomic E-state index is 0.142. The van der Waals surface area contributed by atoms with Crippen molar-refractivity contribution in [3.05, 3.63) is 120 Å². The van der Waals surface area contributed by atoms with Crippen LogP contribution < -0.4 is 19.3 Å². The zero-order chi connectivity index (χ0) is 32.8. The minimum atomic E-state index is -0.549. The Labute approximate surface area is 271 Å². The van der Waals surface area contributed by atoms with Crippen molar-refractivity contribution in [2.45, 2.75) is 24.7 Å². The van der Waals surface area contributed by atoms with E-state index in [1.165, 1.54) is 12.8 Å². The van der Waals surface area contributed by atoms with Crippen LogP contribution in [0.5, 0.6) is 11.5 Å². The van der Waals surface area contributed by atoms with Gasteiger partial charge in [0, 0.05) is 60.6 Å². The molecular weight excluding hydrogens is 620 g/mol. The van der Waals surface area contributed by atoms with Crippen molar-refractivity contribution in [1.82, 2.24) is 20.4 Å². The lowest BCUT2D eigenvalue weighted by Crippen LogP contribution is -2.28. The van der Waals surface area contributed by atoms with Crippen LogP contribution in [0.2, 0.25) is 0 Å². The van der Waals surface area contributed by atoms with Crippen molar-refractivity contribution in [3.63, 3.8) is 0 Å². The molecule has 4 heterocycles. The van der Waals surface area contributed by atoms with Crippen LogP contribution >= 0.6 is 0 Å². The Hall–Kier alpha value is -6.44. The maximum atomic E-state index is 13.8. The van der Waals surface area contributed by atoms with Crippen molar-refractivity contribution in [2.75, 3.05) is 22.9 Å². The Morgan fingerprint density at radius 2 is 1.06 bits per heavy atom. The second-order valence-electron chi connectivity index (χ2n) is 11.4. The molecule has 2 aromatic heterocycles.